The summed E-state index contributed by atoms with van der Waals surface area (Å²) >= 11 is 12.3. The molecule has 0 spiro atoms. The number of halogens is 2. The van der Waals surface area contributed by atoms with E-state index in [1.165, 1.54) is 18.2 Å². The number of amides is 1. The van der Waals surface area contributed by atoms with E-state index in [0.29, 0.717) is 22.9 Å². The summed E-state index contributed by atoms with van der Waals surface area (Å²) in [5.41, 5.74) is 2.16. The van der Waals surface area contributed by atoms with Gasteiger partial charge >= 0.3 is 0 Å². The van der Waals surface area contributed by atoms with Crippen LogP contribution in [0.5, 0.6) is 5.75 Å². The lowest BCUT2D eigenvalue weighted by atomic mass is 10.1. The van der Waals surface area contributed by atoms with Crippen molar-refractivity contribution in [1.29, 1.82) is 0 Å². The molecule has 0 saturated heterocycles. The van der Waals surface area contributed by atoms with Crippen LogP contribution in [0.1, 0.15) is 21.5 Å². The number of hydrogen-bond donors (Lipinski definition) is 1. The first-order valence-corrected chi connectivity index (χ1v) is 10.9. The molecule has 1 heterocycles. The van der Waals surface area contributed by atoms with Crippen molar-refractivity contribution in [1.82, 2.24) is 9.78 Å². The van der Waals surface area contributed by atoms with E-state index in [1.54, 1.807) is 35.1 Å². The Kier molecular flexibility index (Phi) is 7.10. The zero-order valence-corrected chi connectivity index (χ0v) is 19.2. The Hall–Kier alpha value is -3.88. The number of ether oxygens (including phenoxy) is 1. The van der Waals surface area contributed by atoms with E-state index in [-0.39, 0.29) is 29.0 Å². The van der Waals surface area contributed by atoms with E-state index < -0.39 is 4.92 Å². The first-order valence-electron chi connectivity index (χ1n) is 10.1. The van der Waals surface area contributed by atoms with Crippen LogP contribution in [-0.4, -0.2) is 20.6 Å². The Bertz CT molecular complexity index is 1320. The third-order valence-corrected chi connectivity index (χ3v) is 5.45. The number of aromatic nitrogens is 2. The number of nitro benzene ring substituents is 1. The summed E-state index contributed by atoms with van der Waals surface area (Å²) in [5.74, 6) is 0.260. The van der Waals surface area contributed by atoms with Crippen LogP contribution in [-0.2, 0) is 13.2 Å². The second-order valence-electron chi connectivity index (χ2n) is 7.32. The van der Waals surface area contributed by atoms with Crippen molar-refractivity contribution in [3.8, 4) is 5.75 Å². The van der Waals surface area contributed by atoms with Gasteiger partial charge in [0, 0.05) is 23.9 Å². The van der Waals surface area contributed by atoms with Crippen LogP contribution < -0.4 is 10.1 Å². The first kappa shape index (κ1) is 23.3. The van der Waals surface area contributed by atoms with E-state index in [4.69, 9.17) is 27.9 Å². The lowest BCUT2D eigenvalue weighted by molar-refractivity contribution is -0.384. The quantitative estimate of drug-likeness (QED) is 0.239. The number of benzene rings is 3. The summed E-state index contributed by atoms with van der Waals surface area (Å²) in [7, 11) is 0. The first-order chi connectivity index (χ1) is 16.4. The Morgan fingerprint density at radius 2 is 1.74 bits per heavy atom. The normalized spacial score (nSPS) is 10.6. The van der Waals surface area contributed by atoms with Crippen molar-refractivity contribution in [3.63, 3.8) is 0 Å². The van der Waals surface area contributed by atoms with Gasteiger partial charge in [0.05, 0.1) is 16.5 Å². The molecule has 34 heavy (non-hydrogen) atoms. The van der Waals surface area contributed by atoms with Crippen LogP contribution in [0.15, 0.2) is 79.0 Å². The molecule has 0 aliphatic heterocycles. The van der Waals surface area contributed by atoms with E-state index in [9.17, 15) is 14.9 Å². The van der Waals surface area contributed by atoms with Crippen molar-refractivity contribution < 1.29 is 14.5 Å². The third-order valence-electron chi connectivity index (χ3n) is 4.87. The molecule has 8 nitrogen and oxygen atoms in total. The lowest BCUT2D eigenvalue weighted by Gasteiger charge is -2.09. The zero-order valence-electron chi connectivity index (χ0n) is 17.7. The predicted molar refractivity (Wildman–Crippen MR) is 130 cm³/mol. The van der Waals surface area contributed by atoms with Crippen LogP contribution in [0.2, 0.25) is 10.0 Å². The largest absolute Gasteiger partial charge is 0.487 e. The van der Waals surface area contributed by atoms with E-state index in [0.717, 1.165) is 11.1 Å². The molecule has 4 rings (SSSR count). The van der Waals surface area contributed by atoms with Gasteiger partial charge in [-0.25, -0.2) is 0 Å². The highest BCUT2D eigenvalue weighted by atomic mass is 35.5. The number of rotatable bonds is 8. The van der Waals surface area contributed by atoms with Gasteiger partial charge in [0.2, 0.25) is 0 Å². The molecular weight excluding hydrogens is 479 g/mol. The van der Waals surface area contributed by atoms with Crippen LogP contribution in [0.4, 0.5) is 11.5 Å². The van der Waals surface area contributed by atoms with Gasteiger partial charge in [-0.1, -0.05) is 65.7 Å². The summed E-state index contributed by atoms with van der Waals surface area (Å²) in [4.78, 5) is 22.9. The van der Waals surface area contributed by atoms with Crippen molar-refractivity contribution in [3.05, 3.63) is 116 Å². The number of nitro groups is 1. The van der Waals surface area contributed by atoms with Gasteiger partial charge in [0.1, 0.15) is 17.4 Å². The molecule has 0 fully saturated rings. The molecule has 0 radical (unpaired) electrons. The number of hydrogen-bond acceptors (Lipinski definition) is 5. The SMILES string of the molecule is O=C(Nc1nn(Cc2ccccc2)cc1Cl)c1ccc(COc2ccc([N+](=O)[O-])cc2Cl)cc1. The fourth-order valence-electron chi connectivity index (χ4n) is 3.15. The molecule has 0 atom stereocenters. The molecule has 3 aromatic carbocycles. The smallest absolute Gasteiger partial charge is 0.271 e. The molecule has 1 amide bonds. The molecule has 0 aliphatic carbocycles. The van der Waals surface area contributed by atoms with Gasteiger partial charge in [0.15, 0.2) is 5.82 Å². The van der Waals surface area contributed by atoms with Gasteiger partial charge in [-0.05, 0) is 29.3 Å². The minimum Gasteiger partial charge on any atom is -0.487 e. The average Bonchev–Trinajstić information content (AvgIpc) is 3.17. The van der Waals surface area contributed by atoms with E-state index in [1.807, 2.05) is 30.3 Å². The minimum atomic E-state index is -0.527. The van der Waals surface area contributed by atoms with Gasteiger partial charge < -0.3 is 10.1 Å². The Balaban J connectivity index is 1.36. The number of anilines is 1. The fourth-order valence-corrected chi connectivity index (χ4v) is 3.57. The number of non-ortho nitro benzene ring substituents is 1. The van der Waals surface area contributed by atoms with Gasteiger partial charge in [0.25, 0.3) is 11.6 Å². The Morgan fingerprint density at radius 3 is 2.41 bits per heavy atom. The van der Waals surface area contributed by atoms with Crippen molar-refractivity contribution in [2.75, 3.05) is 5.32 Å². The van der Waals surface area contributed by atoms with Crippen molar-refractivity contribution >= 4 is 40.6 Å². The van der Waals surface area contributed by atoms with Crippen LogP contribution in [0, 0.1) is 10.1 Å². The molecule has 0 bridgehead atoms. The second kappa shape index (κ2) is 10.4. The Labute approximate surface area is 204 Å². The topological polar surface area (TPSA) is 99.3 Å². The average molecular weight is 497 g/mol. The number of nitrogens with zero attached hydrogens (tertiary/aromatic N) is 3. The molecule has 172 valence electrons. The highest BCUT2D eigenvalue weighted by Gasteiger charge is 2.14. The summed E-state index contributed by atoms with van der Waals surface area (Å²) < 4.78 is 7.30. The van der Waals surface area contributed by atoms with Gasteiger partial charge in [-0.2, -0.15) is 5.10 Å². The molecule has 4 aromatic rings. The maximum atomic E-state index is 12.6. The number of carbonyl (C=O) groups is 1. The van der Waals surface area contributed by atoms with Crippen LogP contribution in [0.3, 0.4) is 0 Å². The summed E-state index contributed by atoms with van der Waals surface area (Å²) in [6.45, 7) is 0.707. The maximum absolute atomic E-state index is 12.6. The van der Waals surface area contributed by atoms with Crippen molar-refractivity contribution in [2.45, 2.75) is 13.2 Å². The van der Waals surface area contributed by atoms with E-state index in [2.05, 4.69) is 10.4 Å². The van der Waals surface area contributed by atoms with Crippen LogP contribution in [0.25, 0.3) is 0 Å². The van der Waals surface area contributed by atoms with Crippen molar-refractivity contribution in [2.24, 2.45) is 0 Å². The number of nitrogens with one attached hydrogen (secondary N) is 1. The second-order valence-corrected chi connectivity index (χ2v) is 8.13. The summed E-state index contributed by atoms with van der Waals surface area (Å²) in [6, 6.07) is 20.6. The third kappa shape index (κ3) is 5.72. The number of carbonyl (C=O) groups excluding carboxylic acids is 1. The zero-order chi connectivity index (χ0) is 24.1. The molecule has 1 N–H and O–H groups in total. The highest BCUT2D eigenvalue weighted by molar-refractivity contribution is 6.33. The molecule has 0 unspecified atom stereocenters. The molecule has 0 saturated carbocycles. The maximum Gasteiger partial charge on any atom is 0.271 e. The fraction of sp³-hybridized carbons (Fsp3) is 0.0833. The summed E-state index contributed by atoms with van der Waals surface area (Å²) in [5, 5.41) is 18.4. The van der Waals surface area contributed by atoms with Gasteiger partial charge in [-0.3, -0.25) is 19.6 Å². The summed E-state index contributed by atoms with van der Waals surface area (Å²) in [6.07, 6.45) is 1.66. The molecule has 0 aliphatic rings. The molecular formula is C24H18Cl2N4O4. The standard InChI is InChI=1S/C24H18Cl2N4O4/c25-20-12-19(30(32)33)10-11-22(20)34-15-17-6-8-18(9-7-17)24(31)27-23-21(26)14-29(28-23)13-16-4-2-1-3-5-16/h1-12,14H,13,15H2,(H,27,28,31). The molecule has 10 heteroatoms. The predicted octanol–water partition coefficient (Wildman–Crippen LogP) is 5.98. The van der Waals surface area contributed by atoms with E-state index >= 15 is 0 Å². The lowest BCUT2D eigenvalue weighted by Crippen LogP contribution is -2.13. The van der Waals surface area contributed by atoms with Gasteiger partial charge in [-0.15, -0.1) is 0 Å². The highest BCUT2D eigenvalue weighted by Crippen LogP contribution is 2.29. The molecule has 1 aromatic heterocycles. The van der Waals surface area contributed by atoms with Crippen LogP contribution >= 0.6 is 23.2 Å². The monoisotopic (exact) mass is 496 g/mol. The Morgan fingerprint density at radius 1 is 1.00 bits per heavy atom. The minimum absolute atomic E-state index is 0.113.